The molecule has 0 spiro atoms. The molecule has 0 bridgehead atoms. The number of benzene rings is 2. The maximum Gasteiger partial charge on any atom is 0.255 e. The van der Waals surface area contributed by atoms with E-state index in [0.29, 0.717) is 25.1 Å². The van der Waals surface area contributed by atoms with Crippen LogP contribution in [0.4, 0.5) is 0 Å². The standard InChI is InChI=1S/C23H23N3O3/c1-29-12-6-11-24-22(27)19-13-17-14-7-4-5-10-18(14)25-20(17)21-15-8-2-3-9-16(15)23(28)26(19)21/h2-5,7-10,19,21,25H,6,11-13H2,1H3,(H,24,27)/t19-,21-/m0/s1. The molecule has 3 heterocycles. The molecule has 0 saturated heterocycles. The zero-order valence-corrected chi connectivity index (χ0v) is 16.3. The van der Waals surface area contributed by atoms with Crippen LogP contribution in [0.25, 0.3) is 10.9 Å². The largest absolute Gasteiger partial charge is 0.385 e. The Hall–Kier alpha value is -3.12. The van der Waals surface area contributed by atoms with Gasteiger partial charge in [0.2, 0.25) is 5.91 Å². The van der Waals surface area contributed by atoms with Crippen molar-refractivity contribution in [1.29, 1.82) is 0 Å². The molecule has 2 aliphatic heterocycles. The van der Waals surface area contributed by atoms with E-state index in [-0.39, 0.29) is 17.9 Å². The van der Waals surface area contributed by atoms with Gasteiger partial charge in [-0.25, -0.2) is 0 Å². The normalized spacial score (nSPS) is 19.8. The molecule has 148 valence electrons. The lowest BCUT2D eigenvalue weighted by Gasteiger charge is -2.37. The Bertz CT molecular complexity index is 1100. The Kier molecular flexibility index (Phi) is 4.36. The van der Waals surface area contributed by atoms with Crippen LogP contribution in [0.1, 0.15) is 39.6 Å². The Morgan fingerprint density at radius 3 is 2.86 bits per heavy atom. The maximum atomic E-state index is 13.3. The van der Waals surface area contributed by atoms with E-state index in [2.05, 4.69) is 16.4 Å². The molecule has 3 aromatic rings. The summed E-state index contributed by atoms with van der Waals surface area (Å²) >= 11 is 0. The highest BCUT2D eigenvalue weighted by atomic mass is 16.5. The lowest BCUT2D eigenvalue weighted by molar-refractivity contribution is -0.126. The van der Waals surface area contributed by atoms with E-state index in [1.54, 1.807) is 12.0 Å². The van der Waals surface area contributed by atoms with Crippen LogP contribution in [0.5, 0.6) is 0 Å². The number of methoxy groups -OCH3 is 1. The van der Waals surface area contributed by atoms with Gasteiger partial charge in [0, 0.05) is 48.8 Å². The number of hydrogen-bond acceptors (Lipinski definition) is 3. The minimum atomic E-state index is -0.533. The van der Waals surface area contributed by atoms with E-state index >= 15 is 0 Å². The SMILES string of the molecule is COCCCNC(=O)[C@@H]1Cc2c([nH]c3ccccc23)[C@@H]2c3ccccc3C(=O)N21. The molecule has 2 aliphatic rings. The van der Waals surface area contributed by atoms with Crippen LogP contribution in [0.3, 0.4) is 0 Å². The molecular weight excluding hydrogens is 366 g/mol. The molecule has 0 aliphatic carbocycles. The number of carbonyl (C=O) groups excluding carboxylic acids is 2. The highest BCUT2D eigenvalue weighted by molar-refractivity contribution is 6.03. The molecule has 2 amide bonds. The highest BCUT2D eigenvalue weighted by Crippen LogP contribution is 2.46. The second-order valence-corrected chi connectivity index (χ2v) is 7.62. The van der Waals surface area contributed by atoms with Crippen LogP contribution in [-0.4, -0.2) is 48.0 Å². The number of hydrogen-bond donors (Lipinski definition) is 2. The summed E-state index contributed by atoms with van der Waals surface area (Å²) in [6.07, 6.45) is 1.25. The van der Waals surface area contributed by atoms with Crippen molar-refractivity contribution < 1.29 is 14.3 Å². The fraction of sp³-hybridized carbons (Fsp3) is 0.304. The van der Waals surface area contributed by atoms with Crippen LogP contribution in [0.15, 0.2) is 48.5 Å². The van der Waals surface area contributed by atoms with E-state index in [4.69, 9.17) is 4.74 Å². The van der Waals surface area contributed by atoms with Crippen molar-refractivity contribution in [2.45, 2.75) is 24.9 Å². The van der Waals surface area contributed by atoms with Gasteiger partial charge >= 0.3 is 0 Å². The monoisotopic (exact) mass is 389 g/mol. The summed E-state index contributed by atoms with van der Waals surface area (Å²) in [4.78, 5) is 31.7. The van der Waals surface area contributed by atoms with Crippen molar-refractivity contribution in [3.63, 3.8) is 0 Å². The zero-order chi connectivity index (χ0) is 20.0. The van der Waals surface area contributed by atoms with Gasteiger partial charge in [-0.15, -0.1) is 0 Å². The summed E-state index contributed by atoms with van der Waals surface area (Å²) in [7, 11) is 1.65. The van der Waals surface area contributed by atoms with Gasteiger partial charge in [-0.2, -0.15) is 0 Å². The first-order valence-electron chi connectivity index (χ1n) is 9.98. The van der Waals surface area contributed by atoms with Crippen molar-refractivity contribution in [1.82, 2.24) is 15.2 Å². The summed E-state index contributed by atoms with van der Waals surface area (Å²) in [5.41, 5.74) is 4.83. The summed E-state index contributed by atoms with van der Waals surface area (Å²) in [5, 5.41) is 4.12. The second-order valence-electron chi connectivity index (χ2n) is 7.62. The van der Waals surface area contributed by atoms with Gasteiger partial charge in [0.25, 0.3) is 5.91 Å². The van der Waals surface area contributed by atoms with Crippen molar-refractivity contribution in [2.24, 2.45) is 0 Å². The van der Waals surface area contributed by atoms with E-state index < -0.39 is 6.04 Å². The van der Waals surface area contributed by atoms with Crippen molar-refractivity contribution in [3.8, 4) is 0 Å². The van der Waals surface area contributed by atoms with Crippen molar-refractivity contribution in [2.75, 3.05) is 20.3 Å². The number of nitrogens with zero attached hydrogens (tertiary/aromatic N) is 1. The van der Waals surface area contributed by atoms with E-state index in [1.165, 1.54) is 0 Å². The third-order valence-electron chi connectivity index (χ3n) is 5.98. The molecule has 0 saturated carbocycles. The lowest BCUT2D eigenvalue weighted by Crippen LogP contribution is -2.52. The summed E-state index contributed by atoms with van der Waals surface area (Å²) < 4.78 is 5.06. The molecular formula is C23H23N3O3. The first-order valence-corrected chi connectivity index (χ1v) is 9.98. The molecule has 29 heavy (non-hydrogen) atoms. The van der Waals surface area contributed by atoms with Crippen LogP contribution < -0.4 is 5.32 Å². The average Bonchev–Trinajstić information content (AvgIpc) is 3.27. The number of rotatable bonds is 5. The Morgan fingerprint density at radius 1 is 1.21 bits per heavy atom. The van der Waals surface area contributed by atoms with Crippen LogP contribution in [0.2, 0.25) is 0 Å². The summed E-state index contributed by atoms with van der Waals surface area (Å²) in [6, 6.07) is 15.0. The third kappa shape index (κ3) is 2.75. The average molecular weight is 389 g/mol. The third-order valence-corrected chi connectivity index (χ3v) is 5.98. The number of para-hydroxylation sites is 1. The number of amides is 2. The maximum absolute atomic E-state index is 13.3. The quantitative estimate of drug-likeness (QED) is 0.659. The molecule has 0 unspecified atom stereocenters. The second kappa shape index (κ2) is 7.04. The number of aromatic amines is 1. The molecule has 2 aromatic carbocycles. The minimum Gasteiger partial charge on any atom is -0.385 e. The van der Waals surface area contributed by atoms with Gasteiger partial charge in [-0.05, 0) is 29.7 Å². The van der Waals surface area contributed by atoms with E-state index in [1.807, 2.05) is 42.5 Å². The number of fused-ring (bicyclic) bond motifs is 7. The topological polar surface area (TPSA) is 74.4 Å². The van der Waals surface area contributed by atoms with Gasteiger partial charge in [-0.3, -0.25) is 9.59 Å². The van der Waals surface area contributed by atoms with Crippen LogP contribution in [0, 0.1) is 0 Å². The molecule has 2 atom stereocenters. The number of aromatic nitrogens is 1. The van der Waals surface area contributed by atoms with Crippen LogP contribution >= 0.6 is 0 Å². The molecule has 0 radical (unpaired) electrons. The fourth-order valence-electron chi connectivity index (χ4n) is 4.68. The van der Waals surface area contributed by atoms with Crippen molar-refractivity contribution >= 4 is 22.7 Å². The van der Waals surface area contributed by atoms with E-state index in [9.17, 15) is 9.59 Å². The number of carbonyl (C=O) groups is 2. The Balaban J connectivity index is 1.59. The van der Waals surface area contributed by atoms with Gasteiger partial charge < -0.3 is 19.9 Å². The minimum absolute atomic E-state index is 0.0769. The predicted octanol–water partition coefficient (Wildman–Crippen LogP) is 2.79. The highest BCUT2D eigenvalue weighted by Gasteiger charge is 2.48. The number of nitrogens with one attached hydrogen (secondary N) is 2. The van der Waals surface area contributed by atoms with Gasteiger partial charge in [0.1, 0.15) is 6.04 Å². The molecule has 6 heteroatoms. The Labute approximate surface area is 168 Å². The summed E-state index contributed by atoms with van der Waals surface area (Å²) in [5.74, 6) is -0.185. The van der Waals surface area contributed by atoms with Gasteiger partial charge in [0.15, 0.2) is 0 Å². The summed E-state index contributed by atoms with van der Waals surface area (Å²) in [6.45, 7) is 1.12. The molecule has 6 nitrogen and oxygen atoms in total. The number of ether oxygens (including phenoxy) is 1. The predicted molar refractivity (Wildman–Crippen MR) is 110 cm³/mol. The first-order chi connectivity index (χ1) is 14.2. The number of H-pyrrole nitrogens is 1. The smallest absolute Gasteiger partial charge is 0.255 e. The van der Waals surface area contributed by atoms with Gasteiger partial charge in [0.05, 0.1) is 6.04 Å². The van der Waals surface area contributed by atoms with Gasteiger partial charge in [-0.1, -0.05) is 36.4 Å². The molecule has 1 aromatic heterocycles. The molecule has 5 rings (SSSR count). The molecule has 2 N–H and O–H groups in total. The first kappa shape index (κ1) is 17.9. The zero-order valence-electron chi connectivity index (χ0n) is 16.3. The fourth-order valence-corrected chi connectivity index (χ4v) is 4.68. The van der Waals surface area contributed by atoms with E-state index in [0.717, 1.165) is 34.1 Å². The van der Waals surface area contributed by atoms with Crippen molar-refractivity contribution in [3.05, 3.63) is 70.9 Å². The Morgan fingerprint density at radius 2 is 2.00 bits per heavy atom. The lowest BCUT2D eigenvalue weighted by atomic mass is 9.90. The molecule has 0 fully saturated rings. The van der Waals surface area contributed by atoms with Crippen LogP contribution in [-0.2, 0) is 16.0 Å².